The molecule has 0 fully saturated rings. The molecular formula is C23H36N6O8Zn. The second kappa shape index (κ2) is 17.9. The Morgan fingerprint density at radius 1 is 0.947 bits per heavy atom. The zero-order valence-electron chi connectivity index (χ0n) is 21.5. The van der Waals surface area contributed by atoms with Gasteiger partial charge in [-0.3, -0.25) is 34.0 Å². The number of carboxylic acids is 3. The molecule has 0 saturated carbocycles. The molecule has 1 aromatic rings. The van der Waals surface area contributed by atoms with Crippen LogP contribution in [-0.2, 0) is 56.6 Å². The van der Waals surface area contributed by atoms with Gasteiger partial charge in [0.2, 0.25) is 5.91 Å². The maximum atomic E-state index is 12.0. The molecule has 0 saturated heterocycles. The van der Waals surface area contributed by atoms with E-state index in [1.165, 1.54) is 0 Å². The summed E-state index contributed by atoms with van der Waals surface area (Å²) in [5.41, 5.74) is 1.43. The third kappa shape index (κ3) is 13.3. The second-order valence-corrected chi connectivity index (χ2v) is 8.88. The molecule has 208 valence electrons. The van der Waals surface area contributed by atoms with Crippen LogP contribution in [0.1, 0.15) is 30.7 Å². The van der Waals surface area contributed by atoms with E-state index in [0.29, 0.717) is 70.2 Å². The van der Waals surface area contributed by atoms with Crippen LogP contribution >= 0.6 is 0 Å². The summed E-state index contributed by atoms with van der Waals surface area (Å²) >= 11 is 0. The van der Waals surface area contributed by atoms with E-state index in [4.69, 9.17) is 11.0 Å². The molecule has 0 aliphatic carbocycles. The first-order chi connectivity index (χ1) is 17.7. The smallest absolute Gasteiger partial charge is 0.334 e. The van der Waals surface area contributed by atoms with Gasteiger partial charge in [0.25, 0.3) is 0 Å². The minimum atomic E-state index is -1.24. The monoisotopic (exact) mass is 588 g/mol. The fourth-order valence-corrected chi connectivity index (χ4v) is 4.01. The second-order valence-electron chi connectivity index (χ2n) is 8.88. The minimum Gasteiger partial charge on any atom is -0.480 e. The molecule has 0 aromatic carbocycles. The Bertz CT molecular complexity index is 878. The van der Waals surface area contributed by atoms with Gasteiger partial charge in [0.1, 0.15) is 0 Å². The van der Waals surface area contributed by atoms with Crippen molar-refractivity contribution in [2.24, 2.45) is 5.90 Å². The van der Waals surface area contributed by atoms with Crippen LogP contribution in [0.5, 0.6) is 0 Å². The average Bonchev–Trinajstić information content (AvgIpc) is 2.81. The predicted octanol–water partition coefficient (Wildman–Crippen LogP) is -1.20. The van der Waals surface area contributed by atoms with Gasteiger partial charge in [-0.05, 0) is 31.5 Å². The van der Waals surface area contributed by atoms with Crippen molar-refractivity contribution in [3.05, 3.63) is 29.6 Å². The predicted molar refractivity (Wildman–Crippen MR) is 130 cm³/mol. The van der Waals surface area contributed by atoms with E-state index in [-0.39, 0.29) is 51.3 Å². The van der Waals surface area contributed by atoms with Crippen molar-refractivity contribution in [1.82, 2.24) is 25.0 Å². The number of aromatic nitrogens is 1. The van der Waals surface area contributed by atoms with Crippen LogP contribution in [0.2, 0.25) is 0 Å². The summed E-state index contributed by atoms with van der Waals surface area (Å²) in [5.74, 6) is 1.51. The number of rotatable bonds is 13. The van der Waals surface area contributed by atoms with E-state index >= 15 is 0 Å². The average molecular weight is 590 g/mol. The molecule has 2 bridgehead atoms. The zero-order chi connectivity index (χ0) is 27.2. The number of carbonyl (C=O) groups excluding carboxylic acids is 1. The Hall–Kier alpha value is -2.55. The van der Waals surface area contributed by atoms with Crippen LogP contribution < -0.4 is 11.2 Å². The van der Waals surface area contributed by atoms with E-state index in [9.17, 15) is 29.4 Å². The number of pyridine rings is 1. The zero-order valence-corrected chi connectivity index (χ0v) is 24.4. The summed E-state index contributed by atoms with van der Waals surface area (Å²) in [4.78, 5) is 60.4. The maximum Gasteiger partial charge on any atom is 0.334 e. The van der Waals surface area contributed by atoms with Crippen molar-refractivity contribution in [1.29, 1.82) is 0 Å². The van der Waals surface area contributed by atoms with E-state index in [2.05, 4.69) is 20.0 Å². The Labute approximate surface area is 233 Å². The van der Waals surface area contributed by atoms with Crippen LogP contribution in [0, 0.1) is 0 Å². The van der Waals surface area contributed by atoms with Crippen LogP contribution in [0.3, 0.4) is 0 Å². The molecule has 0 spiro atoms. The molecule has 1 aromatic heterocycles. The van der Waals surface area contributed by atoms with Gasteiger partial charge in [0.05, 0.1) is 24.5 Å². The summed E-state index contributed by atoms with van der Waals surface area (Å²) in [6.07, 6.45) is -0.729. The third-order valence-corrected chi connectivity index (χ3v) is 5.86. The number of amides is 1. The summed E-state index contributed by atoms with van der Waals surface area (Å²) in [6, 6.07) is 5.49. The molecule has 1 aliphatic heterocycles. The fourth-order valence-electron chi connectivity index (χ4n) is 4.01. The largest absolute Gasteiger partial charge is 0.480 e. The molecule has 14 nitrogen and oxygen atoms in total. The standard InChI is InChI=1S/C23H36N6O8.Zn/c24-37-19(23(35)36)5-6-20(30)25-7-2-8-27-9-11-28(15-21(31)32)13-17-3-1-4-18(26-17)14-29(12-10-27)16-22(33)34;/h1,3-4,19H,2,5-16,24H2,(H,25,30)(H,31,32)(H,33,34)(H,35,36);. The third-order valence-electron chi connectivity index (χ3n) is 5.86. The SMILES string of the molecule is NOC(CCC(=O)NCCCN1CCN(CC(=O)O)Cc2cccc(n2)CN(CC(=O)O)CC1)C(=O)O.[Zn]. The number of hydrogen-bond acceptors (Lipinski definition) is 10. The normalized spacial score (nSPS) is 16.3. The molecule has 1 atom stereocenters. The molecule has 1 aliphatic rings. The van der Waals surface area contributed by atoms with E-state index in [0.717, 1.165) is 0 Å². The van der Waals surface area contributed by atoms with Crippen molar-refractivity contribution in [3.8, 4) is 0 Å². The summed E-state index contributed by atoms with van der Waals surface area (Å²) in [5, 5.41) is 30.3. The Morgan fingerprint density at radius 3 is 1.95 bits per heavy atom. The number of fused-ring (bicyclic) bond motifs is 2. The molecular weight excluding hydrogens is 554 g/mol. The Kier molecular flexibility index (Phi) is 15.7. The van der Waals surface area contributed by atoms with Crippen LogP contribution in [-0.4, -0.2) is 117 Å². The molecule has 1 unspecified atom stereocenters. The van der Waals surface area contributed by atoms with Gasteiger partial charge in [-0.15, -0.1) is 0 Å². The Morgan fingerprint density at radius 2 is 1.47 bits per heavy atom. The number of nitrogens with zero attached hydrogens (tertiary/aromatic N) is 4. The molecule has 2 heterocycles. The summed E-state index contributed by atoms with van der Waals surface area (Å²) in [6.45, 7) is 3.44. The maximum absolute atomic E-state index is 12.0. The van der Waals surface area contributed by atoms with Crippen molar-refractivity contribution >= 4 is 23.8 Å². The van der Waals surface area contributed by atoms with Crippen molar-refractivity contribution in [2.45, 2.75) is 38.5 Å². The fraction of sp³-hybridized carbons (Fsp3) is 0.609. The molecule has 6 N–H and O–H groups in total. The van der Waals surface area contributed by atoms with Gasteiger partial charge in [0.15, 0.2) is 6.10 Å². The first-order valence-corrected chi connectivity index (χ1v) is 12.1. The number of hydrogen-bond donors (Lipinski definition) is 5. The first kappa shape index (κ1) is 33.5. The summed E-state index contributed by atoms with van der Waals surface area (Å²) < 4.78 is 0. The molecule has 2 rings (SSSR count). The van der Waals surface area contributed by atoms with Gasteiger partial charge in [-0.2, -0.15) is 0 Å². The number of carbonyl (C=O) groups is 4. The molecule has 0 radical (unpaired) electrons. The molecule has 38 heavy (non-hydrogen) atoms. The van der Waals surface area contributed by atoms with Gasteiger partial charge >= 0.3 is 17.9 Å². The quantitative estimate of drug-likeness (QED) is 0.104. The molecule has 15 heteroatoms. The number of aliphatic carboxylic acids is 3. The van der Waals surface area contributed by atoms with Crippen molar-refractivity contribution < 1.29 is 58.8 Å². The van der Waals surface area contributed by atoms with Crippen LogP contribution in [0.15, 0.2) is 18.2 Å². The van der Waals surface area contributed by atoms with Crippen molar-refractivity contribution in [3.63, 3.8) is 0 Å². The van der Waals surface area contributed by atoms with E-state index in [1.807, 2.05) is 18.2 Å². The number of nitrogens with two attached hydrogens (primary N) is 1. The van der Waals surface area contributed by atoms with Crippen LogP contribution in [0.4, 0.5) is 0 Å². The van der Waals surface area contributed by atoms with Crippen molar-refractivity contribution in [2.75, 3.05) is 52.4 Å². The van der Waals surface area contributed by atoms with Gasteiger partial charge in [-0.1, -0.05) is 6.07 Å². The van der Waals surface area contributed by atoms with E-state index < -0.39 is 24.0 Å². The first-order valence-electron chi connectivity index (χ1n) is 12.1. The molecule has 1 amide bonds. The number of carboxylic acid groups (broad SMARTS) is 3. The van der Waals surface area contributed by atoms with Gasteiger partial charge in [-0.25, -0.2) is 10.7 Å². The Balaban J connectivity index is 0.00000722. The van der Waals surface area contributed by atoms with Gasteiger partial charge in [0, 0.05) is 71.7 Å². The van der Waals surface area contributed by atoms with Gasteiger partial charge < -0.3 is 25.5 Å². The van der Waals surface area contributed by atoms with E-state index in [1.54, 1.807) is 9.80 Å². The minimum absolute atomic E-state index is 0. The van der Waals surface area contributed by atoms with Crippen LogP contribution in [0.25, 0.3) is 0 Å². The topological polar surface area (TPSA) is 199 Å². The summed E-state index contributed by atoms with van der Waals surface area (Å²) in [7, 11) is 0. The number of nitrogens with one attached hydrogen (secondary N) is 1.